The number of hydrogen-bond acceptors (Lipinski definition) is 8. The van der Waals surface area contributed by atoms with E-state index < -0.39 is 16.0 Å². The van der Waals surface area contributed by atoms with Crippen molar-refractivity contribution in [3.8, 4) is 16.9 Å². The van der Waals surface area contributed by atoms with Crippen molar-refractivity contribution in [3.05, 3.63) is 82.0 Å². The van der Waals surface area contributed by atoms with Crippen LogP contribution >= 0.6 is 11.6 Å². The van der Waals surface area contributed by atoms with Gasteiger partial charge in [0.2, 0.25) is 10.0 Å². The van der Waals surface area contributed by atoms with E-state index in [1.807, 2.05) is 53.6 Å². The van der Waals surface area contributed by atoms with Gasteiger partial charge >= 0.3 is 5.97 Å². The molecule has 0 aliphatic carbocycles. The SMILES string of the molecule is CCOC(=O)c1c(CCCOc2cccc3cc(F)ccc23)c2ccc(Cl)c3c2n1CCCS(=O)(=O)N(C)CCC(N1CCOCC1)c1nn(C)c(C)c1-3. The molecule has 14 heteroatoms. The molecule has 0 N–H and O–H groups in total. The van der Waals surface area contributed by atoms with Gasteiger partial charge < -0.3 is 18.8 Å². The smallest absolute Gasteiger partial charge is 0.355 e. The van der Waals surface area contributed by atoms with E-state index in [4.69, 9.17) is 30.9 Å². The number of esters is 1. The van der Waals surface area contributed by atoms with Crippen molar-refractivity contribution in [3.63, 3.8) is 0 Å². The van der Waals surface area contributed by atoms with E-state index in [-0.39, 0.29) is 37.2 Å². The van der Waals surface area contributed by atoms with Crippen LogP contribution in [0.5, 0.6) is 5.75 Å². The molecule has 0 saturated carbocycles. The van der Waals surface area contributed by atoms with Gasteiger partial charge in [0, 0.05) is 67.9 Å². The van der Waals surface area contributed by atoms with Crippen LogP contribution < -0.4 is 4.74 Å². The van der Waals surface area contributed by atoms with E-state index in [9.17, 15) is 17.6 Å². The van der Waals surface area contributed by atoms with Gasteiger partial charge in [-0.05, 0) is 80.8 Å². The molecule has 5 aromatic rings. The van der Waals surface area contributed by atoms with Crippen LogP contribution in [0.3, 0.4) is 0 Å². The number of benzene rings is 3. The first-order valence-corrected chi connectivity index (χ1v) is 20.6. The molecule has 4 heterocycles. The molecule has 1 saturated heterocycles. The summed E-state index contributed by atoms with van der Waals surface area (Å²) in [6.07, 6.45) is 1.81. The number of sulfonamides is 1. The Morgan fingerprint density at radius 1 is 1.04 bits per heavy atom. The molecule has 0 amide bonds. The monoisotopic (exact) mass is 779 g/mol. The van der Waals surface area contributed by atoms with Crippen molar-refractivity contribution < 1.29 is 31.8 Å². The quantitative estimate of drug-likeness (QED) is 0.124. The number of fused-ring (bicyclic) bond motifs is 3. The molecule has 3 aromatic carbocycles. The molecule has 54 heavy (non-hydrogen) atoms. The lowest BCUT2D eigenvalue weighted by Crippen LogP contribution is -2.41. The van der Waals surface area contributed by atoms with Crippen LogP contribution in [-0.2, 0) is 39.5 Å². The van der Waals surface area contributed by atoms with Crippen LogP contribution in [0.2, 0.25) is 5.02 Å². The summed E-state index contributed by atoms with van der Waals surface area (Å²) in [4.78, 5) is 16.4. The van der Waals surface area contributed by atoms with Gasteiger partial charge in [-0.3, -0.25) is 9.58 Å². The lowest BCUT2D eigenvalue weighted by molar-refractivity contribution is 0.0126. The molecule has 1 fully saturated rings. The number of rotatable bonds is 8. The summed E-state index contributed by atoms with van der Waals surface area (Å²) in [5.41, 5.74) is 5.27. The molecule has 0 bridgehead atoms. The number of hydrogen-bond donors (Lipinski definition) is 0. The molecular formula is C40H47ClFN5O6S. The molecule has 2 aliphatic rings. The molecule has 11 nitrogen and oxygen atoms in total. The molecule has 288 valence electrons. The Bertz CT molecular complexity index is 2300. The predicted molar refractivity (Wildman–Crippen MR) is 208 cm³/mol. The molecule has 0 spiro atoms. The number of ether oxygens (including phenoxy) is 3. The highest BCUT2D eigenvalue weighted by Gasteiger charge is 2.34. The summed E-state index contributed by atoms with van der Waals surface area (Å²) < 4.78 is 64.1. The average Bonchev–Trinajstić information content (AvgIpc) is 3.62. The van der Waals surface area contributed by atoms with Crippen molar-refractivity contribution >= 4 is 49.3 Å². The summed E-state index contributed by atoms with van der Waals surface area (Å²) in [6.45, 7) is 7.36. The van der Waals surface area contributed by atoms with Gasteiger partial charge in [0.05, 0.1) is 54.5 Å². The Morgan fingerprint density at radius 2 is 1.81 bits per heavy atom. The number of morpholine rings is 1. The number of nitrogens with zero attached hydrogens (tertiary/aromatic N) is 5. The van der Waals surface area contributed by atoms with Gasteiger partial charge in [-0.25, -0.2) is 21.9 Å². The maximum atomic E-state index is 14.0. The zero-order chi connectivity index (χ0) is 38.1. The second kappa shape index (κ2) is 16.0. The van der Waals surface area contributed by atoms with Gasteiger partial charge in [0.25, 0.3) is 0 Å². The molecule has 1 unspecified atom stereocenters. The third-order valence-electron chi connectivity index (χ3n) is 10.8. The van der Waals surface area contributed by atoms with Gasteiger partial charge in [-0.2, -0.15) is 5.10 Å². The highest BCUT2D eigenvalue weighted by molar-refractivity contribution is 7.89. The van der Waals surface area contributed by atoms with Gasteiger partial charge in [0.15, 0.2) is 0 Å². The molecule has 2 aliphatic heterocycles. The minimum absolute atomic E-state index is 0.0902. The Labute approximate surface area is 320 Å². The van der Waals surface area contributed by atoms with Crippen molar-refractivity contribution in [2.45, 2.75) is 52.1 Å². The minimum atomic E-state index is -3.62. The summed E-state index contributed by atoms with van der Waals surface area (Å²) in [6, 6.07) is 13.8. The van der Waals surface area contributed by atoms with E-state index in [2.05, 4.69) is 4.90 Å². The van der Waals surface area contributed by atoms with E-state index in [1.165, 1.54) is 16.4 Å². The van der Waals surface area contributed by atoms with E-state index >= 15 is 0 Å². The van der Waals surface area contributed by atoms with Crippen molar-refractivity contribution in [2.24, 2.45) is 7.05 Å². The second-order valence-corrected chi connectivity index (χ2v) is 16.6. The third kappa shape index (κ3) is 7.36. The highest BCUT2D eigenvalue weighted by Crippen LogP contribution is 2.45. The van der Waals surface area contributed by atoms with Crippen LogP contribution in [0, 0.1) is 12.7 Å². The first-order chi connectivity index (χ1) is 26.0. The van der Waals surface area contributed by atoms with Crippen LogP contribution in [0.15, 0.2) is 48.5 Å². The highest BCUT2D eigenvalue weighted by atomic mass is 35.5. The summed E-state index contributed by atoms with van der Waals surface area (Å²) in [5, 5.41) is 8.01. The van der Waals surface area contributed by atoms with Crippen LogP contribution in [0.25, 0.3) is 32.8 Å². The fourth-order valence-corrected chi connectivity index (χ4v) is 9.42. The van der Waals surface area contributed by atoms with Gasteiger partial charge in [-0.15, -0.1) is 0 Å². The number of carbonyl (C=O) groups is 1. The average molecular weight is 780 g/mol. The Hall–Kier alpha value is -4.01. The van der Waals surface area contributed by atoms with Crippen LogP contribution in [-0.4, -0.2) is 96.8 Å². The lowest BCUT2D eigenvalue weighted by atomic mass is 9.94. The van der Waals surface area contributed by atoms with Gasteiger partial charge in [-0.1, -0.05) is 29.8 Å². The lowest BCUT2D eigenvalue weighted by Gasteiger charge is -2.35. The van der Waals surface area contributed by atoms with Gasteiger partial charge in [0.1, 0.15) is 17.3 Å². The normalized spacial score (nSPS) is 18.5. The maximum absolute atomic E-state index is 14.0. The molecule has 1 atom stereocenters. The third-order valence-corrected chi connectivity index (χ3v) is 13.0. The Balaban J connectivity index is 1.38. The maximum Gasteiger partial charge on any atom is 0.355 e. The molecule has 2 aromatic heterocycles. The van der Waals surface area contributed by atoms with E-state index in [0.29, 0.717) is 75.2 Å². The van der Waals surface area contributed by atoms with Crippen molar-refractivity contribution in [1.82, 2.24) is 23.6 Å². The number of carbonyl (C=O) groups excluding carboxylic acids is 1. The molecule has 7 rings (SSSR count). The largest absolute Gasteiger partial charge is 0.493 e. The zero-order valence-corrected chi connectivity index (χ0v) is 32.8. The topological polar surface area (TPSA) is 108 Å². The Kier molecular flexibility index (Phi) is 11.3. The number of halogens is 2. The van der Waals surface area contributed by atoms with E-state index in [1.54, 1.807) is 20.0 Å². The summed E-state index contributed by atoms with van der Waals surface area (Å²) in [5.74, 6) is -0.236. The van der Waals surface area contributed by atoms with E-state index in [0.717, 1.165) is 49.8 Å². The predicted octanol–water partition coefficient (Wildman–Crippen LogP) is 6.91. The standard InChI is InChI=1S/C40H47ClFN5O6S/c1-5-52-40(48)39-30(10-7-21-53-34-11-6-9-27-25-28(42)12-13-29(27)34)31-14-15-32(41)36-35-26(2)45(4)43-37(35)33(46-19-22-51-23-20-46)16-18-44(3)54(49,50)24-8-17-47(39)38(31)36/h6,9,11-15,25,33H,5,7-8,10,16-24H2,1-4H3. The first kappa shape index (κ1) is 38.3. The fraction of sp³-hybridized carbons (Fsp3) is 0.450. The van der Waals surface area contributed by atoms with Crippen LogP contribution in [0.1, 0.15) is 59.7 Å². The number of aromatic nitrogens is 3. The Morgan fingerprint density at radius 3 is 2.59 bits per heavy atom. The summed E-state index contributed by atoms with van der Waals surface area (Å²) in [7, 11) is -0.0716. The van der Waals surface area contributed by atoms with Crippen LogP contribution in [0.4, 0.5) is 4.39 Å². The molecular weight excluding hydrogens is 733 g/mol. The first-order valence-electron chi connectivity index (χ1n) is 18.6. The summed E-state index contributed by atoms with van der Waals surface area (Å²) >= 11 is 7.25. The second-order valence-electron chi connectivity index (χ2n) is 14.0. The van der Waals surface area contributed by atoms with Crippen molar-refractivity contribution in [1.29, 1.82) is 0 Å². The zero-order valence-electron chi connectivity index (χ0n) is 31.2. The number of aryl methyl sites for hydroxylation is 3. The molecule has 0 radical (unpaired) electrons. The fourth-order valence-electron chi connectivity index (χ4n) is 7.98. The van der Waals surface area contributed by atoms with Crippen molar-refractivity contribution in [2.75, 3.05) is 58.9 Å². The minimum Gasteiger partial charge on any atom is -0.493 e.